The summed E-state index contributed by atoms with van der Waals surface area (Å²) in [5.41, 5.74) is 4.46. The molecule has 4 nitrogen and oxygen atoms in total. The maximum absolute atomic E-state index is 12.3. The minimum absolute atomic E-state index is 0.230. The third-order valence-electron chi connectivity index (χ3n) is 4.15. The Morgan fingerprint density at radius 3 is 2.62 bits per heavy atom. The zero-order valence-electron chi connectivity index (χ0n) is 14.1. The third-order valence-corrected chi connectivity index (χ3v) is 4.15. The van der Waals surface area contributed by atoms with E-state index in [1.54, 1.807) is 6.07 Å². The van der Waals surface area contributed by atoms with Crippen LogP contribution in [0.25, 0.3) is 10.9 Å². The number of carbonyl (C=O) groups is 1. The number of carbonyl (C=O) groups excluding carboxylic acids is 1. The molecule has 1 aromatic heterocycles. The molecule has 0 radical (unpaired) electrons. The van der Waals surface area contributed by atoms with Crippen LogP contribution < -0.4 is 5.32 Å². The van der Waals surface area contributed by atoms with Gasteiger partial charge in [-0.15, -0.1) is 0 Å². The Morgan fingerprint density at radius 2 is 1.73 bits per heavy atom. The highest BCUT2D eigenvalue weighted by Crippen LogP contribution is 2.19. The van der Waals surface area contributed by atoms with Crippen LogP contribution in [0.5, 0.6) is 0 Å². The summed E-state index contributed by atoms with van der Waals surface area (Å²) in [6.07, 6.45) is 1.85. The topological polar surface area (TPSA) is 54.1 Å². The molecular weight excluding hydrogens is 324 g/mol. The Labute approximate surface area is 151 Å². The number of para-hydroxylation sites is 1. The molecule has 26 heavy (non-hydrogen) atoms. The van der Waals surface area contributed by atoms with Crippen LogP contribution in [0, 0.1) is 0 Å². The molecule has 0 atom stereocenters. The third kappa shape index (κ3) is 3.59. The van der Waals surface area contributed by atoms with Crippen LogP contribution in [-0.2, 0) is 11.3 Å². The lowest BCUT2D eigenvalue weighted by Crippen LogP contribution is -2.05. The van der Waals surface area contributed by atoms with E-state index in [0.29, 0.717) is 5.56 Å². The quantitative estimate of drug-likeness (QED) is 0.486. The molecule has 0 spiro atoms. The number of anilines is 2. The molecule has 4 heteroatoms. The Balaban J connectivity index is 1.42. The molecular formula is C22H18N2O2. The zero-order chi connectivity index (χ0) is 17.8. The largest absolute Gasteiger partial charge is 0.457 e. The number of hydrogen-bond acceptors (Lipinski definition) is 3. The highest BCUT2D eigenvalue weighted by Gasteiger charge is 2.09. The van der Waals surface area contributed by atoms with E-state index < -0.39 is 0 Å². The average molecular weight is 342 g/mol. The molecule has 0 aliphatic heterocycles. The second kappa shape index (κ2) is 7.15. The van der Waals surface area contributed by atoms with Gasteiger partial charge in [0.05, 0.1) is 5.56 Å². The molecule has 1 heterocycles. The second-order valence-electron chi connectivity index (χ2n) is 6.05. The van der Waals surface area contributed by atoms with Gasteiger partial charge in [0.15, 0.2) is 0 Å². The van der Waals surface area contributed by atoms with E-state index >= 15 is 0 Å². The predicted molar refractivity (Wildman–Crippen MR) is 104 cm³/mol. The summed E-state index contributed by atoms with van der Waals surface area (Å²) in [6.45, 7) is 0.230. The van der Waals surface area contributed by atoms with Gasteiger partial charge in [0.1, 0.15) is 6.61 Å². The highest BCUT2D eigenvalue weighted by molar-refractivity contribution is 5.94. The van der Waals surface area contributed by atoms with Crippen molar-refractivity contribution in [2.75, 3.05) is 5.32 Å². The Bertz CT molecular complexity index is 1040. The van der Waals surface area contributed by atoms with Crippen LogP contribution in [0.4, 0.5) is 11.4 Å². The van der Waals surface area contributed by atoms with Crippen LogP contribution in [-0.4, -0.2) is 11.0 Å². The van der Waals surface area contributed by atoms with Gasteiger partial charge in [-0.05, 0) is 54.1 Å². The van der Waals surface area contributed by atoms with Gasteiger partial charge < -0.3 is 15.0 Å². The Morgan fingerprint density at radius 1 is 0.885 bits per heavy atom. The van der Waals surface area contributed by atoms with Crippen molar-refractivity contribution in [2.45, 2.75) is 6.61 Å². The monoisotopic (exact) mass is 342 g/mol. The number of fused-ring (bicyclic) bond motifs is 1. The molecule has 0 aliphatic rings. The molecule has 128 valence electrons. The summed E-state index contributed by atoms with van der Waals surface area (Å²) in [5, 5.41) is 4.33. The lowest BCUT2D eigenvalue weighted by Gasteiger charge is -2.09. The molecule has 3 aromatic carbocycles. The van der Waals surface area contributed by atoms with Gasteiger partial charge in [0.25, 0.3) is 0 Å². The fourth-order valence-corrected chi connectivity index (χ4v) is 2.84. The molecule has 0 aliphatic carbocycles. The predicted octanol–water partition coefficient (Wildman–Crippen LogP) is 5.27. The summed E-state index contributed by atoms with van der Waals surface area (Å²) in [6, 6.07) is 25.2. The van der Waals surface area contributed by atoms with E-state index in [1.165, 1.54) is 0 Å². The molecule has 0 saturated heterocycles. The second-order valence-corrected chi connectivity index (χ2v) is 6.05. The number of benzene rings is 3. The lowest BCUT2D eigenvalue weighted by atomic mass is 10.1. The summed E-state index contributed by atoms with van der Waals surface area (Å²) >= 11 is 0. The van der Waals surface area contributed by atoms with Gasteiger partial charge >= 0.3 is 5.97 Å². The van der Waals surface area contributed by atoms with Gasteiger partial charge in [-0.1, -0.05) is 30.3 Å². The molecule has 0 fully saturated rings. The zero-order valence-corrected chi connectivity index (χ0v) is 14.1. The van der Waals surface area contributed by atoms with E-state index in [9.17, 15) is 4.79 Å². The van der Waals surface area contributed by atoms with Crippen molar-refractivity contribution < 1.29 is 9.53 Å². The van der Waals surface area contributed by atoms with Crippen molar-refractivity contribution >= 4 is 28.2 Å². The fraction of sp³-hybridized carbons (Fsp3) is 0.0455. The average Bonchev–Trinajstić information content (AvgIpc) is 3.15. The lowest BCUT2D eigenvalue weighted by molar-refractivity contribution is 0.0473. The van der Waals surface area contributed by atoms with Crippen LogP contribution >= 0.6 is 0 Å². The van der Waals surface area contributed by atoms with Gasteiger partial charge in [-0.25, -0.2) is 4.79 Å². The number of aromatic nitrogens is 1. The standard InChI is InChI=1S/C22H18N2O2/c25-22(18-9-10-21-17(14-18)11-12-23-21)26-15-16-5-4-8-20(13-16)24-19-6-2-1-3-7-19/h1-14,23-24H,15H2. The number of hydrogen-bond donors (Lipinski definition) is 2. The van der Waals surface area contributed by atoms with Gasteiger partial charge in [0, 0.05) is 28.5 Å². The summed E-state index contributed by atoms with van der Waals surface area (Å²) in [4.78, 5) is 15.4. The normalized spacial score (nSPS) is 10.6. The van der Waals surface area contributed by atoms with Crippen LogP contribution in [0.2, 0.25) is 0 Å². The Kier molecular flexibility index (Phi) is 4.39. The highest BCUT2D eigenvalue weighted by atomic mass is 16.5. The van der Waals surface area contributed by atoms with Crippen LogP contribution in [0.15, 0.2) is 85.1 Å². The molecule has 4 aromatic rings. The summed E-state index contributed by atoms with van der Waals surface area (Å²) < 4.78 is 5.47. The SMILES string of the molecule is O=C(OCc1cccc(Nc2ccccc2)c1)c1ccc2[nH]ccc2c1. The first kappa shape index (κ1) is 16.0. The first-order chi connectivity index (χ1) is 12.8. The first-order valence-corrected chi connectivity index (χ1v) is 8.43. The molecule has 4 rings (SSSR count). The molecule has 0 bridgehead atoms. The fourth-order valence-electron chi connectivity index (χ4n) is 2.84. The van der Waals surface area contributed by atoms with Crippen LogP contribution in [0.3, 0.4) is 0 Å². The number of H-pyrrole nitrogens is 1. The van der Waals surface area contributed by atoms with Gasteiger partial charge in [-0.2, -0.15) is 0 Å². The minimum atomic E-state index is -0.325. The molecule has 0 amide bonds. The van der Waals surface area contributed by atoms with Crippen molar-refractivity contribution in [3.63, 3.8) is 0 Å². The van der Waals surface area contributed by atoms with Crippen molar-refractivity contribution in [2.24, 2.45) is 0 Å². The number of rotatable bonds is 5. The Hall–Kier alpha value is -3.53. The van der Waals surface area contributed by atoms with Gasteiger partial charge in [-0.3, -0.25) is 0 Å². The van der Waals surface area contributed by atoms with Crippen molar-refractivity contribution in [1.29, 1.82) is 0 Å². The van der Waals surface area contributed by atoms with Crippen LogP contribution in [0.1, 0.15) is 15.9 Å². The minimum Gasteiger partial charge on any atom is -0.457 e. The van der Waals surface area contributed by atoms with E-state index in [-0.39, 0.29) is 12.6 Å². The van der Waals surface area contributed by atoms with Gasteiger partial charge in [0.2, 0.25) is 0 Å². The van der Waals surface area contributed by atoms with E-state index in [4.69, 9.17) is 4.74 Å². The summed E-state index contributed by atoms with van der Waals surface area (Å²) in [7, 11) is 0. The van der Waals surface area contributed by atoms with E-state index in [0.717, 1.165) is 27.8 Å². The molecule has 0 unspecified atom stereocenters. The first-order valence-electron chi connectivity index (χ1n) is 8.43. The van der Waals surface area contributed by atoms with E-state index in [1.807, 2.05) is 79.0 Å². The smallest absolute Gasteiger partial charge is 0.338 e. The number of aromatic amines is 1. The van der Waals surface area contributed by atoms with Crippen molar-refractivity contribution in [1.82, 2.24) is 4.98 Å². The maximum atomic E-state index is 12.3. The number of ether oxygens (including phenoxy) is 1. The van der Waals surface area contributed by atoms with E-state index in [2.05, 4.69) is 10.3 Å². The van der Waals surface area contributed by atoms with Crippen molar-refractivity contribution in [3.05, 3.63) is 96.2 Å². The summed E-state index contributed by atoms with van der Waals surface area (Å²) in [5.74, 6) is -0.325. The molecule has 0 saturated carbocycles. The number of esters is 1. The maximum Gasteiger partial charge on any atom is 0.338 e. The number of nitrogens with one attached hydrogen (secondary N) is 2. The van der Waals surface area contributed by atoms with Crippen molar-refractivity contribution in [3.8, 4) is 0 Å². The molecule has 2 N–H and O–H groups in total.